The third-order valence-electron chi connectivity index (χ3n) is 2.78. The quantitative estimate of drug-likeness (QED) is 0.596. The zero-order chi connectivity index (χ0) is 14.3. The highest BCUT2D eigenvalue weighted by Crippen LogP contribution is 2.19. The maximum Gasteiger partial charge on any atom is 0.253 e. The van der Waals surface area contributed by atoms with Gasteiger partial charge in [-0.05, 0) is 37.0 Å². The fourth-order valence-corrected chi connectivity index (χ4v) is 2.46. The van der Waals surface area contributed by atoms with Gasteiger partial charge < -0.3 is 15.8 Å². The Morgan fingerprint density at radius 1 is 1.53 bits per heavy atom. The number of carbonyl (C=O) groups excluding carboxylic acids is 1. The largest absolute Gasteiger partial charge is 0.497 e. The zero-order valence-corrected chi connectivity index (χ0v) is 12.5. The molecule has 0 spiro atoms. The number of hydrogen-bond acceptors (Lipinski definition) is 4. The first kappa shape index (κ1) is 15.7. The molecule has 4 nitrogen and oxygen atoms in total. The average Bonchev–Trinajstić information content (AvgIpc) is 2.38. The van der Waals surface area contributed by atoms with E-state index in [0.717, 1.165) is 17.9 Å². The molecule has 106 valence electrons. The molecule has 0 aliphatic heterocycles. The lowest BCUT2D eigenvalue weighted by Crippen LogP contribution is -2.33. The van der Waals surface area contributed by atoms with E-state index >= 15 is 0 Å². The van der Waals surface area contributed by atoms with E-state index in [4.69, 9.17) is 10.5 Å². The predicted octanol–water partition coefficient (Wildman–Crippen LogP) is 2.54. The van der Waals surface area contributed by atoms with Crippen molar-refractivity contribution in [3.05, 3.63) is 23.8 Å². The van der Waals surface area contributed by atoms with Crippen LogP contribution in [-0.2, 0) is 0 Å². The van der Waals surface area contributed by atoms with Crippen LogP contribution < -0.4 is 15.8 Å². The van der Waals surface area contributed by atoms with Crippen LogP contribution >= 0.6 is 11.8 Å². The Kier molecular flexibility index (Phi) is 6.56. The molecule has 0 aliphatic carbocycles. The molecule has 19 heavy (non-hydrogen) atoms. The summed E-state index contributed by atoms with van der Waals surface area (Å²) in [6.45, 7) is 4.14. The van der Waals surface area contributed by atoms with Crippen molar-refractivity contribution in [3.8, 4) is 5.75 Å². The van der Waals surface area contributed by atoms with Gasteiger partial charge in [0.1, 0.15) is 5.75 Å². The van der Waals surface area contributed by atoms with E-state index in [-0.39, 0.29) is 11.9 Å². The van der Waals surface area contributed by atoms with Gasteiger partial charge in [0.2, 0.25) is 0 Å². The molecule has 0 radical (unpaired) electrons. The zero-order valence-electron chi connectivity index (χ0n) is 11.7. The number of benzene rings is 1. The molecule has 0 saturated carbocycles. The van der Waals surface area contributed by atoms with Gasteiger partial charge in [0.25, 0.3) is 5.91 Å². The van der Waals surface area contributed by atoms with Gasteiger partial charge in [0.05, 0.1) is 12.7 Å². The molecule has 1 amide bonds. The molecule has 5 heteroatoms. The topological polar surface area (TPSA) is 64.3 Å². The number of hydrogen-bond donors (Lipinski definition) is 2. The summed E-state index contributed by atoms with van der Waals surface area (Å²) in [6, 6.07) is 5.24. The van der Waals surface area contributed by atoms with Gasteiger partial charge in [-0.2, -0.15) is 11.8 Å². The second-order valence-electron chi connectivity index (χ2n) is 4.31. The monoisotopic (exact) mass is 282 g/mol. The highest BCUT2D eigenvalue weighted by Gasteiger charge is 2.13. The molecular formula is C14H22N2O2S. The van der Waals surface area contributed by atoms with Crippen molar-refractivity contribution in [2.75, 3.05) is 24.3 Å². The van der Waals surface area contributed by atoms with E-state index in [1.54, 1.807) is 25.3 Å². The number of nitrogens with two attached hydrogens (primary N) is 1. The molecule has 3 N–H and O–H groups in total. The number of nitrogen functional groups attached to an aromatic ring is 1. The minimum Gasteiger partial charge on any atom is -0.497 e. The minimum atomic E-state index is -0.130. The molecule has 0 fully saturated rings. The predicted molar refractivity (Wildman–Crippen MR) is 82.0 cm³/mol. The van der Waals surface area contributed by atoms with Gasteiger partial charge in [-0.1, -0.05) is 6.92 Å². The number of carbonyl (C=O) groups is 1. The maximum absolute atomic E-state index is 12.1. The first-order valence-corrected chi connectivity index (χ1v) is 7.56. The van der Waals surface area contributed by atoms with E-state index < -0.39 is 0 Å². The highest BCUT2D eigenvalue weighted by atomic mass is 32.2. The molecule has 1 unspecified atom stereocenters. The van der Waals surface area contributed by atoms with Crippen LogP contribution in [0.25, 0.3) is 0 Å². The SMILES string of the molecule is CCSCCC(C)NC(=O)c1ccc(OC)cc1N. The van der Waals surface area contributed by atoms with Crippen molar-refractivity contribution >= 4 is 23.4 Å². The first-order chi connectivity index (χ1) is 9.08. The van der Waals surface area contributed by atoms with Gasteiger partial charge in [-0.25, -0.2) is 0 Å². The van der Waals surface area contributed by atoms with Crippen LogP contribution in [0, 0.1) is 0 Å². The second kappa shape index (κ2) is 7.94. The molecule has 1 atom stereocenters. The molecule has 0 aliphatic rings. The van der Waals surface area contributed by atoms with Gasteiger partial charge in [-0.3, -0.25) is 4.79 Å². The molecule has 0 aromatic heterocycles. The minimum absolute atomic E-state index is 0.130. The Labute approximate surface area is 119 Å². The van der Waals surface area contributed by atoms with Crippen LogP contribution in [0.4, 0.5) is 5.69 Å². The van der Waals surface area contributed by atoms with Crippen molar-refractivity contribution < 1.29 is 9.53 Å². The van der Waals surface area contributed by atoms with E-state index in [1.807, 2.05) is 18.7 Å². The Bertz CT molecular complexity index is 424. The lowest BCUT2D eigenvalue weighted by atomic mass is 10.1. The average molecular weight is 282 g/mol. The van der Waals surface area contributed by atoms with Crippen molar-refractivity contribution in [2.24, 2.45) is 0 Å². The normalized spacial score (nSPS) is 11.9. The number of rotatable bonds is 7. The van der Waals surface area contributed by atoms with Crippen LogP contribution in [0.1, 0.15) is 30.6 Å². The van der Waals surface area contributed by atoms with Crippen LogP contribution in [0.15, 0.2) is 18.2 Å². The number of ether oxygens (including phenoxy) is 1. The molecular weight excluding hydrogens is 260 g/mol. The van der Waals surface area contributed by atoms with Crippen LogP contribution in [0.3, 0.4) is 0 Å². The molecule has 0 bridgehead atoms. The Morgan fingerprint density at radius 2 is 2.26 bits per heavy atom. The van der Waals surface area contributed by atoms with Crippen LogP contribution in [0.2, 0.25) is 0 Å². The van der Waals surface area contributed by atoms with Crippen molar-refractivity contribution in [1.82, 2.24) is 5.32 Å². The van der Waals surface area contributed by atoms with Crippen molar-refractivity contribution in [3.63, 3.8) is 0 Å². The summed E-state index contributed by atoms with van der Waals surface area (Å²) >= 11 is 1.87. The Hall–Kier alpha value is -1.36. The van der Waals surface area contributed by atoms with Gasteiger partial charge in [-0.15, -0.1) is 0 Å². The van der Waals surface area contributed by atoms with Crippen molar-refractivity contribution in [2.45, 2.75) is 26.3 Å². The molecule has 1 aromatic rings. The maximum atomic E-state index is 12.1. The lowest BCUT2D eigenvalue weighted by Gasteiger charge is -2.14. The third kappa shape index (κ3) is 5.03. The van der Waals surface area contributed by atoms with E-state index in [0.29, 0.717) is 17.0 Å². The second-order valence-corrected chi connectivity index (χ2v) is 5.71. The third-order valence-corrected chi connectivity index (χ3v) is 3.71. The number of anilines is 1. The molecule has 0 heterocycles. The molecule has 0 saturated heterocycles. The molecule has 1 rings (SSSR count). The summed E-state index contributed by atoms with van der Waals surface area (Å²) < 4.78 is 5.06. The fraction of sp³-hybridized carbons (Fsp3) is 0.500. The highest BCUT2D eigenvalue weighted by molar-refractivity contribution is 7.99. The van der Waals surface area contributed by atoms with E-state index in [2.05, 4.69) is 12.2 Å². The standard InChI is InChI=1S/C14H22N2O2S/c1-4-19-8-7-10(2)16-14(17)12-6-5-11(18-3)9-13(12)15/h5-6,9-10H,4,7-8,15H2,1-3H3,(H,16,17). The summed E-state index contributed by atoms with van der Waals surface area (Å²) in [4.78, 5) is 12.1. The number of thioether (sulfide) groups is 1. The smallest absolute Gasteiger partial charge is 0.253 e. The van der Waals surface area contributed by atoms with Gasteiger partial charge in [0, 0.05) is 17.8 Å². The van der Waals surface area contributed by atoms with Gasteiger partial charge in [0.15, 0.2) is 0 Å². The van der Waals surface area contributed by atoms with Crippen LogP contribution in [-0.4, -0.2) is 30.6 Å². The Balaban J connectivity index is 2.57. The summed E-state index contributed by atoms with van der Waals surface area (Å²) in [5, 5.41) is 2.96. The Morgan fingerprint density at radius 3 is 2.84 bits per heavy atom. The van der Waals surface area contributed by atoms with Crippen molar-refractivity contribution in [1.29, 1.82) is 0 Å². The number of methoxy groups -OCH3 is 1. The summed E-state index contributed by atoms with van der Waals surface area (Å²) in [7, 11) is 1.57. The van der Waals surface area contributed by atoms with E-state index in [1.165, 1.54) is 0 Å². The first-order valence-electron chi connectivity index (χ1n) is 6.40. The number of nitrogens with one attached hydrogen (secondary N) is 1. The fourth-order valence-electron chi connectivity index (χ4n) is 1.65. The summed E-state index contributed by atoms with van der Waals surface area (Å²) in [5.74, 6) is 2.68. The lowest BCUT2D eigenvalue weighted by molar-refractivity contribution is 0.0940. The van der Waals surface area contributed by atoms with Gasteiger partial charge >= 0.3 is 0 Å². The molecule has 1 aromatic carbocycles. The van der Waals surface area contributed by atoms with Crippen LogP contribution in [0.5, 0.6) is 5.75 Å². The summed E-state index contributed by atoms with van der Waals surface area (Å²) in [6.07, 6.45) is 0.959. The number of amides is 1. The summed E-state index contributed by atoms with van der Waals surface area (Å²) in [5.41, 5.74) is 6.78. The van der Waals surface area contributed by atoms with E-state index in [9.17, 15) is 4.79 Å².